The maximum atomic E-state index is 14.4. The summed E-state index contributed by atoms with van der Waals surface area (Å²) < 4.78 is 42.9. The Balaban J connectivity index is 0.746. The Hall–Kier alpha value is -10.3. The molecule has 0 spiro atoms. The van der Waals surface area contributed by atoms with E-state index in [0.717, 1.165) is 34.5 Å². The molecule has 688 valence electrons. The average molecular weight is 1750 g/mol. The summed E-state index contributed by atoms with van der Waals surface area (Å²) in [5.74, 6) is -7.54. The van der Waals surface area contributed by atoms with Crippen LogP contribution < -0.4 is 47.4 Å². The first-order valence-electron chi connectivity index (χ1n) is 43.2. The van der Waals surface area contributed by atoms with Crippen LogP contribution in [0.2, 0.25) is 0 Å². The third-order valence-corrected chi connectivity index (χ3v) is 23.3. The van der Waals surface area contributed by atoms with E-state index in [4.69, 9.17) is 33.2 Å². The normalized spacial score (nSPS) is 18.3. The number of methoxy groups -OCH3 is 2. The van der Waals surface area contributed by atoms with Gasteiger partial charge < -0.3 is 105 Å². The van der Waals surface area contributed by atoms with Gasteiger partial charge in [0.15, 0.2) is 6.10 Å². The number of aliphatic carboxylic acids is 1. The Kier molecular flexibility index (Phi) is 39.7. The lowest BCUT2D eigenvalue weighted by Crippen LogP contribution is -2.56. The molecule has 3 aromatic carbocycles. The number of fused-ring (bicyclic) bond motifs is 1. The lowest BCUT2D eigenvalue weighted by Gasteiger charge is -2.39. The van der Waals surface area contributed by atoms with E-state index < -0.39 is 145 Å². The van der Waals surface area contributed by atoms with Gasteiger partial charge in [-0.2, -0.15) is 0 Å². The standard InChI is InChI=1S/C89H131N15O21/c1-15-56(6)80(70(119-13)49-75(109)104-37-20-24-68(104)82(120-14)57(7)84(112)95-58(8)81(111)60-21-17-16-18-22-60)100(11)76(110)51-94-87(115)79(55(4)5)101(12)89(118)123-53-59-25-27-63(28-26-59)96-73(107)50-93-86(114)78(54(2)3)98-85(113)67-30-29-64(46-69(67)124-77-48-66(105)47-71(125-77)88(116)117)97-72(106)34-41-121-43-44-122-42-36-91-62-31-38-102(39-32-62)74(108)33-40-103-65(52-99(10)90-9)45-61-23-19-35-92-83(61)103/h16-19,21-23,25-30,35,45-46,54-58,62,66,68,70-71,77-82,90-91,105,111H,15,20,24,31-34,36-44,47-53H2,1-14H3,(H,93,114)(H,94,115)(H,95,112)(H,96,107)(H,97,106)(H,98,113)(H,116,117). The van der Waals surface area contributed by atoms with E-state index >= 15 is 0 Å². The van der Waals surface area contributed by atoms with Crippen molar-refractivity contribution in [3.8, 4) is 5.75 Å². The molecular formula is C89H131N15O21. The van der Waals surface area contributed by atoms with Gasteiger partial charge >= 0.3 is 12.1 Å². The van der Waals surface area contributed by atoms with Crippen LogP contribution in [0.25, 0.3) is 11.0 Å². The van der Waals surface area contributed by atoms with Crippen molar-refractivity contribution >= 4 is 87.6 Å². The van der Waals surface area contributed by atoms with Gasteiger partial charge in [-0.25, -0.2) is 19.6 Å². The highest BCUT2D eigenvalue weighted by atomic mass is 16.7. The van der Waals surface area contributed by atoms with Gasteiger partial charge in [0.25, 0.3) is 5.91 Å². The minimum Gasteiger partial charge on any atom is -0.479 e. The van der Waals surface area contributed by atoms with E-state index in [-0.39, 0.29) is 98.8 Å². The van der Waals surface area contributed by atoms with Crippen LogP contribution >= 0.6 is 0 Å². The fraction of sp³-hybridized carbons (Fsp3) is 0.596. The van der Waals surface area contributed by atoms with E-state index in [1.807, 2.05) is 68.2 Å². The van der Waals surface area contributed by atoms with Crippen LogP contribution in [0, 0.1) is 23.7 Å². The summed E-state index contributed by atoms with van der Waals surface area (Å²) in [4.78, 5) is 161. The third-order valence-electron chi connectivity index (χ3n) is 23.3. The molecule has 3 aliphatic heterocycles. The lowest BCUT2D eigenvalue weighted by molar-refractivity contribution is -0.195. The van der Waals surface area contributed by atoms with Crippen molar-refractivity contribution in [2.45, 2.75) is 212 Å². The Morgan fingerprint density at radius 1 is 0.704 bits per heavy atom. The topological polar surface area (TPSA) is 443 Å². The number of aliphatic hydroxyl groups is 2. The second-order valence-electron chi connectivity index (χ2n) is 33.0. The van der Waals surface area contributed by atoms with Crippen LogP contribution in [0.3, 0.4) is 0 Å². The molecule has 3 aliphatic rings. The largest absolute Gasteiger partial charge is 0.479 e. The second-order valence-corrected chi connectivity index (χ2v) is 33.0. The zero-order chi connectivity index (χ0) is 91.1. The number of nitrogens with zero attached hydrogens (tertiary/aromatic N) is 7. The number of carboxylic acid groups (broad SMARTS) is 1. The number of amides is 10. The maximum absolute atomic E-state index is 14.4. The maximum Gasteiger partial charge on any atom is 0.410 e. The zero-order valence-electron chi connectivity index (χ0n) is 74.6. The number of rotatable bonds is 48. The molecular weight excluding hydrogens is 1620 g/mol. The number of aryl methyl sites for hydroxylation is 1. The second kappa shape index (κ2) is 49.6. The van der Waals surface area contributed by atoms with Gasteiger partial charge in [0.05, 0.1) is 113 Å². The number of nitrogens with one attached hydrogen (secondary N) is 8. The summed E-state index contributed by atoms with van der Waals surface area (Å²) in [7, 11) is 9.82. The van der Waals surface area contributed by atoms with Crippen molar-refractivity contribution in [2.24, 2.45) is 23.7 Å². The van der Waals surface area contributed by atoms with Crippen LogP contribution in [-0.2, 0) is 91.3 Å². The molecule has 10 amide bonds. The number of hydrazine groups is 1. The molecule has 3 fully saturated rings. The van der Waals surface area contributed by atoms with E-state index in [1.54, 1.807) is 96.1 Å². The smallest absolute Gasteiger partial charge is 0.410 e. The highest BCUT2D eigenvalue weighted by Crippen LogP contribution is 2.33. The third kappa shape index (κ3) is 29.4. The highest BCUT2D eigenvalue weighted by molar-refractivity contribution is 6.02. The zero-order valence-corrected chi connectivity index (χ0v) is 74.6. The number of carbonyl (C=O) groups excluding carboxylic acids is 10. The van der Waals surface area contributed by atoms with E-state index in [2.05, 4.69) is 58.3 Å². The molecule has 36 nitrogen and oxygen atoms in total. The number of hydrogen-bond donors (Lipinski definition) is 11. The Morgan fingerprint density at radius 3 is 2.06 bits per heavy atom. The molecule has 0 bridgehead atoms. The molecule has 8 rings (SSSR count). The Bertz CT molecular complexity index is 4360. The summed E-state index contributed by atoms with van der Waals surface area (Å²) >= 11 is 0. The number of ether oxygens (including phenoxy) is 7. The van der Waals surface area contributed by atoms with E-state index in [1.165, 1.54) is 44.4 Å². The van der Waals surface area contributed by atoms with Gasteiger partial charge in [-0.15, -0.1) is 0 Å². The van der Waals surface area contributed by atoms with Crippen molar-refractivity contribution in [1.29, 1.82) is 0 Å². The van der Waals surface area contributed by atoms with Crippen molar-refractivity contribution in [3.05, 3.63) is 120 Å². The van der Waals surface area contributed by atoms with Gasteiger partial charge in [0.2, 0.25) is 53.5 Å². The number of aliphatic hydroxyl groups excluding tert-OH is 2. The molecule has 36 heteroatoms. The van der Waals surface area contributed by atoms with Crippen molar-refractivity contribution in [3.63, 3.8) is 0 Å². The SMILES string of the molecule is CCC(C)C(C(CC(=O)N1CCCC1C(OC)C(C)C(=O)NC(C)C(O)c1ccccc1)OC)N(C)C(=O)CNC(=O)C(C(C)C)N(C)C(=O)OCc1ccc(NC(=O)CNC(=O)C(NC(=O)c2ccc(NC(=O)CCOCCOCCNC3CCN(C(=O)CCn4c(CN(C)NC)cc5cccnc54)CC3)cc2OC2CC(O)CC(C(=O)O)O2)C(C)C)cc1. The van der Waals surface area contributed by atoms with Crippen LogP contribution in [0.15, 0.2) is 97.2 Å². The lowest BCUT2D eigenvalue weighted by atomic mass is 9.90. The molecule has 3 saturated heterocycles. The molecule has 13 atom stereocenters. The van der Waals surface area contributed by atoms with Crippen LogP contribution in [0.1, 0.15) is 153 Å². The van der Waals surface area contributed by atoms with E-state index in [0.29, 0.717) is 88.4 Å². The summed E-state index contributed by atoms with van der Waals surface area (Å²) in [5, 5.41) is 54.2. The Labute approximate surface area is 731 Å². The van der Waals surface area contributed by atoms with Gasteiger partial charge in [0.1, 0.15) is 30.1 Å². The van der Waals surface area contributed by atoms with Gasteiger partial charge in [-0.1, -0.05) is 97.4 Å². The quantitative estimate of drug-likeness (QED) is 0.0173. The predicted octanol–water partition coefficient (Wildman–Crippen LogP) is 5.34. The monoisotopic (exact) mass is 1750 g/mol. The van der Waals surface area contributed by atoms with Crippen molar-refractivity contribution < 1.29 is 101 Å². The molecule has 5 aromatic rings. The van der Waals surface area contributed by atoms with Crippen LogP contribution in [-0.4, -0.2) is 290 Å². The molecule has 0 aliphatic carbocycles. The Morgan fingerprint density at radius 2 is 1.39 bits per heavy atom. The first-order valence-corrected chi connectivity index (χ1v) is 43.2. The highest BCUT2D eigenvalue weighted by Gasteiger charge is 2.44. The fourth-order valence-corrected chi connectivity index (χ4v) is 16.0. The van der Waals surface area contributed by atoms with Gasteiger partial charge in [0, 0.05) is 128 Å². The minimum atomic E-state index is -1.43. The number of benzene rings is 3. The summed E-state index contributed by atoms with van der Waals surface area (Å²) in [6, 6.07) is 21.7. The molecule has 0 saturated carbocycles. The van der Waals surface area contributed by atoms with Crippen LogP contribution in [0.5, 0.6) is 5.75 Å². The number of aromatic nitrogens is 2. The molecule has 125 heavy (non-hydrogen) atoms. The average Bonchev–Trinajstić information content (AvgIpc) is 1.65. The number of carboxylic acids is 1. The minimum absolute atomic E-state index is 0.0469. The first kappa shape index (κ1) is 100. The number of hydrogen-bond acceptors (Lipinski definition) is 24. The number of pyridine rings is 1. The number of likely N-dealkylation sites (tertiary alicyclic amines) is 2. The predicted molar refractivity (Wildman–Crippen MR) is 465 cm³/mol. The van der Waals surface area contributed by atoms with Gasteiger partial charge in [-0.05, 0) is 111 Å². The number of piperidine rings is 1. The number of anilines is 2. The van der Waals surface area contributed by atoms with Crippen molar-refractivity contribution in [2.75, 3.05) is 119 Å². The molecule has 2 aromatic heterocycles. The fourth-order valence-electron chi connectivity index (χ4n) is 16.0. The summed E-state index contributed by atoms with van der Waals surface area (Å²) in [6.45, 7) is 17.5. The molecule has 5 heterocycles. The van der Waals surface area contributed by atoms with Crippen LogP contribution in [0.4, 0.5) is 16.2 Å². The number of likely N-dealkylation sites (N-methyl/N-ethyl adjacent to an activating group) is 2. The van der Waals surface area contributed by atoms with E-state index in [9.17, 15) is 68.1 Å². The number of carbonyl (C=O) groups is 11. The summed E-state index contributed by atoms with van der Waals surface area (Å²) in [6.07, 6.45) is -2.02. The summed E-state index contributed by atoms with van der Waals surface area (Å²) in [5.41, 5.74) is 6.60. The first-order chi connectivity index (χ1) is 59.7. The molecule has 0 radical (unpaired) electrons. The molecule has 13 unspecified atom stereocenters. The molecule has 11 N–H and O–H groups in total. The van der Waals surface area contributed by atoms with Crippen molar-refractivity contribution in [1.82, 2.24) is 66.2 Å². The van der Waals surface area contributed by atoms with Gasteiger partial charge in [-0.3, -0.25) is 53.5 Å².